The Bertz CT molecular complexity index is 574. The van der Waals surface area contributed by atoms with Gasteiger partial charge in [-0.25, -0.2) is 0 Å². The van der Waals surface area contributed by atoms with E-state index in [0.29, 0.717) is 6.04 Å². The lowest BCUT2D eigenvalue weighted by atomic mass is 9.93. The summed E-state index contributed by atoms with van der Waals surface area (Å²) in [5.74, 6) is 0. The fourth-order valence-corrected chi connectivity index (χ4v) is 3.25. The fourth-order valence-electron chi connectivity index (χ4n) is 3.25. The summed E-state index contributed by atoms with van der Waals surface area (Å²) < 4.78 is 0. The van der Waals surface area contributed by atoms with E-state index in [0.717, 1.165) is 13.0 Å². The number of aromatic nitrogens is 1. The van der Waals surface area contributed by atoms with Crippen molar-refractivity contribution in [2.24, 2.45) is 0 Å². The molecule has 0 aliphatic carbocycles. The van der Waals surface area contributed by atoms with E-state index in [1.165, 1.54) is 22.2 Å². The third-order valence-electron chi connectivity index (χ3n) is 4.12. The zero-order valence-corrected chi connectivity index (χ0v) is 11.7. The maximum Gasteiger partial charge on any atom is 0.0459 e. The molecule has 1 unspecified atom stereocenters. The van der Waals surface area contributed by atoms with Gasteiger partial charge in [0.15, 0.2) is 0 Å². The van der Waals surface area contributed by atoms with Crippen molar-refractivity contribution >= 4 is 10.9 Å². The number of hydrogen-bond donors (Lipinski definition) is 1. The first-order valence-electron chi connectivity index (χ1n) is 6.82. The minimum Gasteiger partial charge on any atom is -0.357 e. The van der Waals surface area contributed by atoms with E-state index in [1.54, 1.807) is 0 Å². The topological polar surface area (TPSA) is 19.0 Å². The Hall–Kier alpha value is -1.28. The van der Waals surface area contributed by atoms with Crippen LogP contribution in [0.3, 0.4) is 0 Å². The van der Waals surface area contributed by atoms with Gasteiger partial charge in [0.1, 0.15) is 0 Å². The number of H-pyrrole nitrogens is 1. The van der Waals surface area contributed by atoms with Gasteiger partial charge < -0.3 is 4.98 Å². The molecule has 1 aliphatic heterocycles. The highest BCUT2D eigenvalue weighted by Crippen LogP contribution is 2.33. The third kappa shape index (κ3) is 1.76. The summed E-state index contributed by atoms with van der Waals surface area (Å²) in [6.45, 7) is 10.3. The van der Waals surface area contributed by atoms with Crippen molar-refractivity contribution in [3.63, 3.8) is 0 Å². The molecule has 0 spiro atoms. The van der Waals surface area contributed by atoms with Crippen molar-refractivity contribution in [1.29, 1.82) is 0 Å². The quantitative estimate of drug-likeness (QED) is 0.746. The van der Waals surface area contributed by atoms with Crippen molar-refractivity contribution in [3.05, 3.63) is 35.5 Å². The summed E-state index contributed by atoms with van der Waals surface area (Å²) >= 11 is 0. The lowest BCUT2D eigenvalue weighted by Gasteiger charge is -2.43. The molecule has 1 atom stereocenters. The number of para-hydroxylation sites is 1. The molecular weight excluding hydrogens is 220 g/mol. The van der Waals surface area contributed by atoms with E-state index in [-0.39, 0.29) is 5.54 Å². The van der Waals surface area contributed by atoms with Gasteiger partial charge in [-0.1, -0.05) is 18.2 Å². The van der Waals surface area contributed by atoms with Gasteiger partial charge in [0.25, 0.3) is 0 Å². The number of fused-ring (bicyclic) bond motifs is 3. The van der Waals surface area contributed by atoms with Crippen LogP contribution in [0.25, 0.3) is 10.9 Å². The molecule has 1 aliphatic rings. The van der Waals surface area contributed by atoms with Gasteiger partial charge >= 0.3 is 0 Å². The Labute approximate surface area is 109 Å². The number of hydrogen-bond acceptors (Lipinski definition) is 1. The summed E-state index contributed by atoms with van der Waals surface area (Å²) in [6.07, 6.45) is 1.15. The molecule has 3 rings (SSSR count). The molecule has 96 valence electrons. The normalized spacial score (nSPS) is 21.2. The molecule has 0 fully saturated rings. The lowest BCUT2D eigenvalue weighted by molar-refractivity contribution is 0.0709. The molecule has 1 aromatic heterocycles. The van der Waals surface area contributed by atoms with Gasteiger partial charge in [-0.15, -0.1) is 0 Å². The van der Waals surface area contributed by atoms with Gasteiger partial charge in [0.05, 0.1) is 0 Å². The Morgan fingerprint density at radius 2 is 1.94 bits per heavy atom. The second-order valence-corrected chi connectivity index (χ2v) is 6.48. The molecule has 0 saturated heterocycles. The van der Waals surface area contributed by atoms with Crippen LogP contribution in [0.15, 0.2) is 24.3 Å². The zero-order chi connectivity index (χ0) is 12.9. The SMILES string of the molecule is CC1Cc2c([nH]c3ccccc23)CN1C(C)(C)C. The van der Waals surface area contributed by atoms with E-state index in [2.05, 4.69) is 61.8 Å². The maximum atomic E-state index is 3.60. The number of nitrogens with zero attached hydrogens (tertiary/aromatic N) is 1. The third-order valence-corrected chi connectivity index (χ3v) is 4.12. The van der Waals surface area contributed by atoms with E-state index in [4.69, 9.17) is 0 Å². The van der Waals surface area contributed by atoms with E-state index >= 15 is 0 Å². The molecule has 1 N–H and O–H groups in total. The van der Waals surface area contributed by atoms with Gasteiger partial charge in [0, 0.05) is 34.7 Å². The molecule has 2 heteroatoms. The van der Waals surface area contributed by atoms with Crippen LogP contribution >= 0.6 is 0 Å². The van der Waals surface area contributed by atoms with Crippen molar-refractivity contribution in [1.82, 2.24) is 9.88 Å². The van der Waals surface area contributed by atoms with Crippen molar-refractivity contribution in [2.75, 3.05) is 0 Å². The van der Waals surface area contributed by atoms with Crippen LogP contribution in [0.1, 0.15) is 39.0 Å². The largest absolute Gasteiger partial charge is 0.357 e. The number of aromatic amines is 1. The Morgan fingerprint density at radius 1 is 1.22 bits per heavy atom. The summed E-state index contributed by atoms with van der Waals surface area (Å²) in [5, 5.41) is 1.41. The first kappa shape index (κ1) is 11.8. The Kier molecular flexibility index (Phi) is 2.53. The summed E-state index contributed by atoms with van der Waals surface area (Å²) in [4.78, 5) is 6.18. The summed E-state index contributed by atoms with van der Waals surface area (Å²) in [7, 11) is 0. The number of rotatable bonds is 0. The molecule has 1 aromatic carbocycles. The average Bonchev–Trinajstić information content (AvgIpc) is 2.65. The zero-order valence-electron chi connectivity index (χ0n) is 11.7. The molecule has 0 radical (unpaired) electrons. The average molecular weight is 242 g/mol. The van der Waals surface area contributed by atoms with Crippen LogP contribution in [0.2, 0.25) is 0 Å². The van der Waals surface area contributed by atoms with Crippen LogP contribution in [0.5, 0.6) is 0 Å². The van der Waals surface area contributed by atoms with E-state index in [1.807, 2.05) is 0 Å². The molecule has 0 amide bonds. The molecule has 0 saturated carbocycles. The van der Waals surface area contributed by atoms with Gasteiger partial charge in [-0.05, 0) is 45.7 Å². The molecule has 2 aromatic rings. The van der Waals surface area contributed by atoms with Crippen molar-refractivity contribution < 1.29 is 0 Å². The predicted molar refractivity (Wildman–Crippen MR) is 76.8 cm³/mol. The van der Waals surface area contributed by atoms with Crippen molar-refractivity contribution in [2.45, 2.75) is 52.2 Å². The van der Waals surface area contributed by atoms with Gasteiger partial charge in [-0.2, -0.15) is 0 Å². The standard InChI is InChI=1S/C16H22N2/c1-11-9-13-12-7-5-6-8-14(12)17-15(13)10-18(11)16(2,3)4/h5-8,11,17H,9-10H2,1-4H3. The van der Waals surface area contributed by atoms with E-state index < -0.39 is 0 Å². The minimum absolute atomic E-state index is 0.231. The second-order valence-electron chi connectivity index (χ2n) is 6.48. The first-order valence-corrected chi connectivity index (χ1v) is 6.82. The smallest absolute Gasteiger partial charge is 0.0459 e. The van der Waals surface area contributed by atoms with Gasteiger partial charge in [0.2, 0.25) is 0 Å². The summed E-state index contributed by atoms with van der Waals surface area (Å²) in [5.41, 5.74) is 4.45. The van der Waals surface area contributed by atoms with Crippen LogP contribution in [-0.2, 0) is 13.0 Å². The summed E-state index contributed by atoms with van der Waals surface area (Å²) in [6, 6.07) is 9.27. The first-order chi connectivity index (χ1) is 8.47. The molecule has 18 heavy (non-hydrogen) atoms. The molecule has 2 heterocycles. The highest BCUT2D eigenvalue weighted by molar-refractivity contribution is 5.84. The van der Waals surface area contributed by atoms with Gasteiger partial charge in [-0.3, -0.25) is 4.90 Å². The molecular formula is C16H22N2. The van der Waals surface area contributed by atoms with Crippen LogP contribution in [-0.4, -0.2) is 21.5 Å². The van der Waals surface area contributed by atoms with Crippen molar-refractivity contribution in [3.8, 4) is 0 Å². The highest BCUT2D eigenvalue weighted by atomic mass is 15.2. The second kappa shape index (κ2) is 3.86. The maximum absolute atomic E-state index is 3.60. The number of benzene rings is 1. The predicted octanol–water partition coefficient (Wildman–Crippen LogP) is 3.71. The Balaban J connectivity index is 2.08. The molecule has 0 bridgehead atoms. The Morgan fingerprint density at radius 3 is 2.67 bits per heavy atom. The van der Waals surface area contributed by atoms with Crippen LogP contribution < -0.4 is 0 Å². The lowest BCUT2D eigenvalue weighted by Crippen LogP contribution is -2.49. The number of nitrogens with one attached hydrogen (secondary N) is 1. The highest BCUT2D eigenvalue weighted by Gasteiger charge is 2.32. The molecule has 2 nitrogen and oxygen atoms in total. The minimum atomic E-state index is 0.231. The monoisotopic (exact) mass is 242 g/mol. The van der Waals surface area contributed by atoms with E-state index in [9.17, 15) is 0 Å². The van der Waals surface area contributed by atoms with Crippen LogP contribution in [0.4, 0.5) is 0 Å². The van der Waals surface area contributed by atoms with Crippen LogP contribution in [0, 0.1) is 0 Å². The fraction of sp³-hybridized carbons (Fsp3) is 0.500.